The van der Waals surface area contributed by atoms with Crippen LogP contribution in [0.5, 0.6) is 0 Å². The molecular formula is C14H20N2O2. The number of hydrogen-bond acceptors (Lipinski definition) is 3. The highest BCUT2D eigenvalue weighted by Crippen LogP contribution is 2.37. The first kappa shape index (κ1) is 13.0. The van der Waals surface area contributed by atoms with Gasteiger partial charge in [0, 0.05) is 24.2 Å². The Balaban J connectivity index is 1.97. The van der Waals surface area contributed by atoms with Gasteiger partial charge in [-0.3, -0.25) is 10.1 Å². The zero-order valence-electron chi connectivity index (χ0n) is 11.0. The van der Waals surface area contributed by atoms with Gasteiger partial charge >= 0.3 is 0 Å². The molecule has 1 aliphatic rings. The van der Waals surface area contributed by atoms with Gasteiger partial charge in [0.05, 0.1) is 4.92 Å². The van der Waals surface area contributed by atoms with Crippen LogP contribution >= 0.6 is 0 Å². The minimum Gasteiger partial charge on any atom is -0.310 e. The summed E-state index contributed by atoms with van der Waals surface area (Å²) in [5, 5.41) is 14.3. The Hall–Kier alpha value is -1.42. The maximum Gasteiger partial charge on any atom is 0.273 e. The highest BCUT2D eigenvalue weighted by atomic mass is 16.6. The summed E-state index contributed by atoms with van der Waals surface area (Å²) >= 11 is 0. The summed E-state index contributed by atoms with van der Waals surface area (Å²) in [6.07, 6.45) is 3.53. The summed E-state index contributed by atoms with van der Waals surface area (Å²) in [7, 11) is 0. The zero-order valence-corrected chi connectivity index (χ0v) is 11.0. The van der Waals surface area contributed by atoms with Gasteiger partial charge < -0.3 is 5.32 Å². The lowest BCUT2D eigenvalue weighted by molar-refractivity contribution is -0.385. The fraction of sp³-hybridized carbons (Fsp3) is 0.571. The molecule has 1 atom stereocenters. The topological polar surface area (TPSA) is 55.2 Å². The van der Waals surface area contributed by atoms with Crippen molar-refractivity contribution in [2.75, 3.05) is 0 Å². The van der Waals surface area contributed by atoms with Crippen LogP contribution in [0.25, 0.3) is 0 Å². The predicted molar refractivity (Wildman–Crippen MR) is 71.4 cm³/mol. The van der Waals surface area contributed by atoms with E-state index in [0.29, 0.717) is 18.0 Å². The molecule has 0 aliphatic heterocycles. The predicted octanol–water partition coefficient (Wildman–Crippen LogP) is 3.26. The second-order valence-electron chi connectivity index (χ2n) is 5.87. The summed E-state index contributed by atoms with van der Waals surface area (Å²) in [5.74, 6) is 0. The summed E-state index contributed by atoms with van der Waals surface area (Å²) in [4.78, 5) is 10.6. The second-order valence-corrected chi connectivity index (χ2v) is 5.87. The van der Waals surface area contributed by atoms with Gasteiger partial charge in [-0.05, 0) is 24.7 Å². The molecule has 1 aromatic rings. The minimum atomic E-state index is -0.310. The Kier molecular flexibility index (Phi) is 3.66. The Labute approximate surface area is 108 Å². The summed E-state index contributed by atoms with van der Waals surface area (Å²) in [6.45, 7) is 5.14. The van der Waals surface area contributed by atoms with E-state index in [9.17, 15) is 10.1 Å². The Morgan fingerprint density at radius 1 is 1.44 bits per heavy atom. The fourth-order valence-electron chi connectivity index (χ4n) is 2.70. The third kappa shape index (κ3) is 3.07. The number of benzene rings is 1. The van der Waals surface area contributed by atoms with Crippen LogP contribution in [0.2, 0.25) is 0 Å². The van der Waals surface area contributed by atoms with Crippen LogP contribution < -0.4 is 5.32 Å². The van der Waals surface area contributed by atoms with Crippen LogP contribution in [-0.2, 0) is 6.54 Å². The van der Waals surface area contributed by atoms with Crippen LogP contribution in [-0.4, -0.2) is 11.0 Å². The SMILES string of the molecule is CC1(C)CCC(NCc2ccccc2[N+](=O)[O-])C1. The van der Waals surface area contributed by atoms with Crippen LogP contribution in [0.1, 0.15) is 38.7 Å². The van der Waals surface area contributed by atoms with Gasteiger partial charge in [-0.15, -0.1) is 0 Å². The quantitative estimate of drug-likeness (QED) is 0.657. The van der Waals surface area contributed by atoms with Crippen molar-refractivity contribution in [3.63, 3.8) is 0 Å². The number of nitrogens with zero attached hydrogens (tertiary/aromatic N) is 1. The molecule has 1 unspecified atom stereocenters. The Bertz CT molecular complexity index is 443. The molecule has 0 heterocycles. The van der Waals surface area contributed by atoms with Crippen LogP contribution in [0, 0.1) is 15.5 Å². The van der Waals surface area contributed by atoms with Crippen LogP contribution in [0.3, 0.4) is 0 Å². The highest BCUT2D eigenvalue weighted by Gasteiger charge is 2.30. The van der Waals surface area contributed by atoms with E-state index in [0.717, 1.165) is 18.4 Å². The first-order valence-corrected chi connectivity index (χ1v) is 6.44. The largest absolute Gasteiger partial charge is 0.310 e. The molecule has 0 bridgehead atoms. The first-order chi connectivity index (χ1) is 8.48. The van der Waals surface area contributed by atoms with Gasteiger partial charge in [0.2, 0.25) is 0 Å². The fourth-order valence-corrected chi connectivity index (χ4v) is 2.70. The van der Waals surface area contributed by atoms with E-state index in [1.165, 1.54) is 6.42 Å². The number of nitro benzene ring substituents is 1. The van der Waals surface area contributed by atoms with Crippen molar-refractivity contribution in [2.24, 2.45) is 5.41 Å². The lowest BCUT2D eigenvalue weighted by atomic mass is 9.92. The van der Waals surface area contributed by atoms with E-state index < -0.39 is 0 Å². The lowest BCUT2D eigenvalue weighted by Gasteiger charge is -2.17. The molecule has 0 amide bonds. The first-order valence-electron chi connectivity index (χ1n) is 6.44. The molecule has 2 rings (SSSR count). The standard InChI is InChI=1S/C14H20N2O2/c1-14(2)8-7-12(9-14)15-10-11-5-3-4-6-13(11)16(17)18/h3-6,12,15H,7-10H2,1-2H3. The van der Waals surface area contributed by atoms with E-state index in [1.54, 1.807) is 12.1 Å². The lowest BCUT2D eigenvalue weighted by Crippen LogP contribution is -2.27. The van der Waals surface area contributed by atoms with E-state index in [4.69, 9.17) is 0 Å². The smallest absolute Gasteiger partial charge is 0.273 e. The molecule has 0 spiro atoms. The van der Waals surface area contributed by atoms with Crippen molar-refractivity contribution in [1.29, 1.82) is 0 Å². The van der Waals surface area contributed by atoms with Crippen LogP contribution in [0.4, 0.5) is 5.69 Å². The zero-order chi connectivity index (χ0) is 13.2. The van der Waals surface area contributed by atoms with Crippen molar-refractivity contribution in [1.82, 2.24) is 5.32 Å². The average molecular weight is 248 g/mol. The molecular weight excluding hydrogens is 228 g/mol. The van der Waals surface area contributed by atoms with E-state index >= 15 is 0 Å². The molecule has 4 nitrogen and oxygen atoms in total. The van der Waals surface area contributed by atoms with E-state index in [-0.39, 0.29) is 10.6 Å². The molecule has 0 saturated heterocycles. The van der Waals surface area contributed by atoms with Gasteiger partial charge in [-0.25, -0.2) is 0 Å². The molecule has 1 saturated carbocycles. The Morgan fingerprint density at radius 3 is 2.78 bits per heavy atom. The third-order valence-electron chi connectivity index (χ3n) is 3.74. The minimum absolute atomic E-state index is 0.210. The number of rotatable bonds is 4. The Morgan fingerprint density at radius 2 is 2.17 bits per heavy atom. The average Bonchev–Trinajstić information content (AvgIpc) is 2.66. The summed E-state index contributed by atoms with van der Waals surface area (Å²) < 4.78 is 0. The number of hydrogen-bond donors (Lipinski definition) is 1. The van der Waals surface area contributed by atoms with Crippen molar-refractivity contribution in [2.45, 2.75) is 45.7 Å². The molecule has 4 heteroatoms. The molecule has 0 aromatic heterocycles. The van der Waals surface area contributed by atoms with Crippen molar-refractivity contribution in [3.05, 3.63) is 39.9 Å². The van der Waals surface area contributed by atoms with Gasteiger partial charge in [-0.2, -0.15) is 0 Å². The monoisotopic (exact) mass is 248 g/mol. The third-order valence-corrected chi connectivity index (χ3v) is 3.74. The molecule has 1 aromatic carbocycles. The molecule has 18 heavy (non-hydrogen) atoms. The van der Waals surface area contributed by atoms with Gasteiger partial charge in [0.1, 0.15) is 0 Å². The van der Waals surface area contributed by atoms with E-state index in [1.807, 2.05) is 12.1 Å². The van der Waals surface area contributed by atoms with Gasteiger partial charge in [-0.1, -0.05) is 32.0 Å². The maximum atomic E-state index is 10.9. The van der Waals surface area contributed by atoms with Crippen molar-refractivity contribution >= 4 is 5.69 Å². The number of nitro groups is 1. The second kappa shape index (κ2) is 5.06. The maximum absolute atomic E-state index is 10.9. The van der Waals surface area contributed by atoms with E-state index in [2.05, 4.69) is 19.2 Å². The molecule has 1 aliphatic carbocycles. The normalized spacial score (nSPS) is 22.0. The van der Waals surface area contributed by atoms with Crippen molar-refractivity contribution < 1.29 is 4.92 Å². The summed E-state index contributed by atoms with van der Waals surface area (Å²) in [5.41, 5.74) is 1.38. The summed E-state index contributed by atoms with van der Waals surface area (Å²) in [6, 6.07) is 7.43. The van der Waals surface area contributed by atoms with Gasteiger partial charge in [0.15, 0.2) is 0 Å². The number of para-hydroxylation sites is 1. The molecule has 0 radical (unpaired) electrons. The highest BCUT2D eigenvalue weighted by molar-refractivity contribution is 5.39. The molecule has 1 N–H and O–H groups in total. The van der Waals surface area contributed by atoms with Crippen LogP contribution in [0.15, 0.2) is 24.3 Å². The number of nitrogens with one attached hydrogen (secondary N) is 1. The van der Waals surface area contributed by atoms with Gasteiger partial charge in [0.25, 0.3) is 5.69 Å². The molecule has 98 valence electrons. The van der Waals surface area contributed by atoms with Crippen molar-refractivity contribution in [3.8, 4) is 0 Å². The molecule has 1 fully saturated rings.